The fourth-order valence-electron chi connectivity index (χ4n) is 5.46. The van der Waals surface area contributed by atoms with Gasteiger partial charge in [0.2, 0.25) is 5.91 Å². The quantitative estimate of drug-likeness (QED) is 0.678. The zero-order valence-electron chi connectivity index (χ0n) is 20.1. The molecule has 10 heteroatoms. The number of aromatic nitrogens is 2. The first-order valence-corrected chi connectivity index (χ1v) is 12.6. The number of piperidine rings is 1. The molecule has 0 unspecified atom stereocenters. The van der Waals surface area contributed by atoms with Gasteiger partial charge in [0.25, 0.3) is 0 Å². The summed E-state index contributed by atoms with van der Waals surface area (Å²) >= 11 is 0. The minimum absolute atomic E-state index is 0.0348. The number of ether oxygens (including phenoxy) is 1. The number of piperazine rings is 1. The number of likely N-dealkylation sites (tertiary alicyclic amines) is 1. The zero-order chi connectivity index (χ0) is 23.4. The molecule has 9 nitrogen and oxygen atoms in total. The molecule has 2 aliphatic heterocycles. The molecule has 0 spiro atoms. The SMILES string of the molecule is CB(O)N1CCN(C(=O)OC2CCCCC2)[C@@H](C(=O)N2CCC[C@@H](Cn3cnc(C)c3)C2)C1. The molecule has 1 aliphatic carbocycles. The van der Waals surface area contributed by atoms with Gasteiger partial charge in [0, 0.05) is 45.5 Å². The molecular formula is C23H38BN5O4. The van der Waals surface area contributed by atoms with Gasteiger partial charge in [-0.25, -0.2) is 9.78 Å². The average Bonchev–Trinajstić information content (AvgIpc) is 3.23. The lowest BCUT2D eigenvalue weighted by Gasteiger charge is -2.44. The molecule has 0 aromatic carbocycles. The summed E-state index contributed by atoms with van der Waals surface area (Å²) in [6.07, 6.45) is 10.6. The Hall–Kier alpha value is -2.07. The highest BCUT2D eigenvalue weighted by Gasteiger charge is 2.41. The third-order valence-corrected chi connectivity index (χ3v) is 7.34. The second-order valence-electron chi connectivity index (χ2n) is 9.98. The molecule has 0 bridgehead atoms. The van der Waals surface area contributed by atoms with Crippen molar-refractivity contribution in [1.82, 2.24) is 24.2 Å². The number of carbonyl (C=O) groups is 2. The van der Waals surface area contributed by atoms with Gasteiger partial charge in [0.15, 0.2) is 0 Å². The van der Waals surface area contributed by atoms with E-state index in [1.165, 1.54) is 6.42 Å². The molecule has 1 aromatic heterocycles. The van der Waals surface area contributed by atoms with Crippen LogP contribution in [0.1, 0.15) is 50.6 Å². The topological polar surface area (TPSA) is 91.1 Å². The van der Waals surface area contributed by atoms with Crippen molar-refractivity contribution < 1.29 is 19.3 Å². The Labute approximate surface area is 197 Å². The first-order chi connectivity index (χ1) is 15.9. The van der Waals surface area contributed by atoms with Crippen LogP contribution in [0.3, 0.4) is 0 Å². The highest BCUT2D eigenvalue weighted by Crippen LogP contribution is 2.24. The third-order valence-electron chi connectivity index (χ3n) is 7.34. The summed E-state index contributed by atoms with van der Waals surface area (Å²) < 4.78 is 7.92. The number of nitrogens with zero attached hydrogens (tertiary/aromatic N) is 5. The van der Waals surface area contributed by atoms with Crippen molar-refractivity contribution in [1.29, 1.82) is 0 Å². The molecule has 0 radical (unpaired) electrons. The standard InChI is InChI=1S/C23H38BN5O4/c1-18-13-26(17-25-18)14-19-7-6-10-27(15-19)22(30)21-16-28(24(2)32)11-12-29(21)23(31)33-20-8-4-3-5-9-20/h13,17,19-21,32H,3-12,14-16H2,1-2H3/t19-,21+/m0/s1. The molecule has 1 N–H and O–H groups in total. The van der Waals surface area contributed by atoms with Crippen molar-refractivity contribution >= 4 is 19.1 Å². The predicted molar refractivity (Wildman–Crippen MR) is 126 cm³/mol. The Morgan fingerprint density at radius 1 is 1.12 bits per heavy atom. The van der Waals surface area contributed by atoms with Crippen molar-refractivity contribution in [2.24, 2.45) is 5.92 Å². The maximum Gasteiger partial charge on any atom is 0.410 e. The number of carbonyl (C=O) groups excluding carboxylic acids is 2. The van der Waals surface area contributed by atoms with E-state index in [4.69, 9.17) is 4.74 Å². The van der Waals surface area contributed by atoms with Crippen LogP contribution in [0.5, 0.6) is 0 Å². The molecule has 2 amide bonds. The van der Waals surface area contributed by atoms with E-state index in [0.717, 1.165) is 50.8 Å². The van der Waals surface area contributed by atoms with Crippen LogP contribution in [0, 0.1) is 12.8 Å². The largest absolute Gasteiger partial charge is 0.446 e. The van der Waals surface area contributed by atoms with Crippen LogP contribution < -0.4 is 0 Å². The zero-order valence-corrected chi connectivity index (χ0v) is 20.1. The lowest BCUT2D eigenvalue weighted by atomic mass is 9.83. The second kappa shape index (κ2) is 10.9. The Bertz CT molecular complexity index is 813. The minimum atomic E-state index is -0.657. The van der Waals surface area contributed by atoms with E-state index in [-0.39, 0.29) is 18.1 Å². The van der Waals surface area contributed by atoms with Gasteiger partial charge in [0.05, 0.1) is 12.0 Å². The van der Waals surface area contributed by atoms with Gasteiger partial charge in [-0.2, -0.15) is 0 Å². The lowest BCUT2D eigenvalue weighted by molar-refractivity contribution is -0.140. The molecule has 2 atom stereocenters. The van der Waals surface area contributed by atoms with Crippen LogP contribution in [-0.4, -0.2) is 93.1 Å². The Morgan fingerprint density at radius 2 is 1.91 bits per heavy atom. The van der Waals surface area contributed by atoms with E-state index in [9.17, 15) is 14.6 Å². The van der Waals surface area contributed by atoms with Crippen LogP contribution in [-0.2, 0) is 16.1 Å². The smallest absolute Gasteiger partial charge is 0.410 e. The molecule has 1 aromatic rings. The summed E-state index contributed by atoms with van der Waals surface area (Å²) in [4.78, 5) is 36.5. The number of amides is 2. The number of rotatable bonds is 5. The molecule has 4 rings (SSSR count). The summed E-state index contributed by atoms with van der Waals surface area (Å²) in [7, 11) is -0.657. The van der Waals surface area contributed by atoms with Gasteiger partial charge >= 0.3 is 13.1 Å². The van der Waals surface area contributed by atoms with Gasteiger partial charge in [-0.05, 0) is 58.2 Å². The minimum Gasteiger partial charge on any atom is -0.446 e. The van der Waals surface area contributed by atoms with Gasteiger partial charge in [-0.3, -0.25) is 9.69 Å². The third kappa shape index (κ3) is 6.09. The van der Waals surface area contributed by atoms with Crippen molar-refractivity contribution in [2.75, 3.05) is 32.7 Å². The summed E-state index contributed by atoms with van der Waals surface area (Å²) in [5.74, 6) is 0.322. The predicted octanol–water partition coefficient (Wildman–Crippen LogP) is 2.00. The molecule has 3 aliphatic rings. The molecular weight excluding hydrogens is 421 g/mol. The second-order valence-corrected chi connectivity index (χ2v) is 9.98. The maximum absolute atomic E-state index is 13.7. The van der Waals surface area contributed by atoms with Crippen molar-refractivity contribution in [3.63, 3.8) is 0 Å². The molecule has 33 heavy (non-hydrogen) atoms. The van der Waals surface area contributed by atoms with Crippen LogP contribution in [0.15, 0.2) is 12.5 Å². The number of aryl methyl sites for hydroxylation is 1. The monoisotopic (exact) mass is 459 g/mol. The van der Waals surface area contributed by atoms with Gasteiger partial charge < -0.3 is 24.0 Å². The summed E-state index contributed by atoms with van der Waals surface area (Å²) in [5, 5.41) is 10.1. The van der Waals surface area contributed by atoms with Crippen LogP contribution >= 0.6 is 0 Å². The maximum atomic E-state index is 13.7. The summed E-state index contributed by atoms with van der Waals surface area (Å²) in [6.45, 7) is 7.15. The molecule has 3 heterocycles. The molecule has 3 fully saturated rings. The Morgan fingerprint density at radius 3 is 2.61 bits per heavy atom. The van der Waals surface area contributed by atoms with Gasteiger partial charge in [-0.15, -0.1) is 0 Å². The van der Waals surface area contributed by atoms with E-state index >= 15 is 0 Å². The number of hydrogen-bond donors (Lipinski definition) is 1. The molecule has 182 valence electrons. The highest BCUT2D eigenvalue weighted by molar-refractivity contribution is 6.45. The fraction of sp³-hybridized carbons (Fsp3) is 0.783. The van der Waals surface area contributed by atoms with Crippen LogP contribution in [0.25, 0.3) is 0 Å². The fourth-order valence-corrected chi connectivity index (χ4v) is 5.46. The van der Waals surface area contributed by atoms with Gasteiger partial charge in [-0.1, -0.05) is 6.42 Å². The van der Waals surface area contributed by atoms with Crippen molar-refractivity contribution in [3.05, 3.63) is 18.2 Å². The van der Waals surface area contributed by atoms with E-state index in [1.54, 1.807) is 11.7 Å². The first-order valence-electron chi connectivity index (χ1n) is 12.6. The average molecular weight is 459 g/mol. The van der Waals surface area contributed by atoms with Crippen molar-refractivity contribution in [3.8, 4) is 0 Å². The highest BCUT2D eigenvalue weighted by atomic mass is 16.6. The van der Waals surface area contributed by atoms with Crippen LogP contribution in [0.2, 0.25) is 6.82 Å². The van der Waals surface area contributed by atoms with Crippen molar-refractivity contribution in [2.45, 2.75) is 77.4 Å². The van der Waals surface area contributed by atoms with E-state index in [1.807, 2.05) is 29.2 Å². The van der Waals surface area contributed by atoms with E-state index in [0.29, 0.717) is 38.6 Å². The molecule has 2 saturated heterocycles. The number of imidazole rings is 1. The van der Waals surface area contributed by atoms with E-state index in [2.05, 4.69) is 9.55 Å². The molecule has 1 saturated carbocycles. The van der Waals surface area contributed by atoms with Gasteiger partial charge in [0.1, 0.15) is 12.1 Å². The van der Waals surface area contributed by atoms with E-state index < -0.39 is 13.1 Å². The summed E-state index contributed by atoms with van der Waals surface area (Å²) in [5.41, 5.74) is 0.992. The summed E-state index contributed by atoms with van der Waals surface area (Å²) in [6, 6.07) is -0.626. The normalized spacial score (nSPS) is 25.2. The lowest BCUT2D eigenvalue weighted by Crippen LogP contribution is -2.64. The van der Waals surface area contributed by atoms with Crippen LogP contribution in [0.4, 0.5) is 4.79 Å². The number of hydrogen-bond acceptors (Lipinski definition) is 6. The first kappa shape index (κ1) is 24.1. The Balaban J connectivity index is 1.43. The Kier molecular flexibility index (Phi) is 7.96.